The minimum atomic E-state index is -0.166. The van der Waals surface area contributed by atoms with Gasteiger partial charge in [0.1, 0.15) is 0 Å². The Labute approximate surface area is 114 Å². The van der Waals surface area contributed by atoms with E-state index in [1.54, 1.807) is 33.8 Å². The minimum absolute atomic E-state index is 0. The van der Waals surface area contributed by atoms with Gasteiger partial charge in [0.05, 0.1) is 6.10 Å². The molecule has 2 rings (SSSR count). The molecule has 1 aromatic rings. The summed E-state index contributed by atoms with van der Waals surface area (Å²) in [5.74, 6) is -0.166. The van der Waals surface area contributed by atoms with E-state index in [0.717, 1.165) is 10.3 Å². The molecule has 0 N–H and O–H groups in total. The van der Waals surface area contributed by atoms with Crippen LogP contribution in [0.4, 0.5) is 4.39 Å². The van der Waals surface area contributed by atoms with E-state index in [0.29, 0.717) is 6.10 Å². The number of hydrogen-bond acceptors (Lipinski definition) is 1. The zero-order valence-corrected chi connectivity index (χ0v) is 11.9. The van der Waals surface area contributed by atoms with Crippen LogP contribution in [-0.4, -0.2) is 34.4 Å². The van der Waals surface area contributed by atoms with Crippen LogP contribution in [0.3, 0.4) is 0 Å². The minimum Gasteiger partial charge on any atom is -1.00 e. The van der Waals surface area contributed by atoms with Gasteiger partial charge in [0, 0.05) is 6.61 Å². The molecule has 4 heteroatoms. The van der Waals surface area contributed by atoms with Crippen LogP contribution in [0.2, 0.25) is 0 Å². The van der Waals surface area contributed by atoms with Crippen LogP contribution in [0.5, 0.6) is 0 Å². The average Bonchev–Trinajstić information content (AvgIpc) is 2.63. The number of hydrogen-bond donors (Lipinski definition) is 0. The first-order valence-corrected chi connectivity index (χ1v) is 5.58. The van der Waals surface area contributed by atoms with Gasteiger partial charge in [-0.15, -0.1) is 0 Å². The summed E-state index contributed by atoms with van der Waals surface area (Å²) in [4.78, 5) is 0. The normalized spacial score (nSPS) is 18.8. The summed E-state index contributed by atoms with van der Waals surface area (Å²) in [5, 5.41) is 0. The maximum atomic E-state index is 12.1. The molecule has 1 unspecified atom stereocenters. The Morgan fingerprint density at radius 1 is 1.33 bits per heavy atom. The molecule has 1 saturated heterocycles. The molecule has 1 fully saturated rings. The predicted molar refractivity (Wildman–Crippen MR) is 56.4 cm³/mol. The van der Waals surface area contributed by atoms with Crippen LogP contribution >= 0.6 is 0 Å². The molecule has 15 heavy (non-hydrogen) atoms. The van der Waals surface area contributed by atoms with E-state index in [4.69, 9.17) is 4.74 Å². The summed E-state index contributed by atoms with van der Waals surface area (Å²) in [6.45, 7) is 3.11. The third-order valence-electron chi connectivity index (χ3n) is 2.07. The van der Waals surface area contributed by atoms with Gasteiger partial charge in [-0.1, -0.05) is 0 Å². The van der Waals surface area contributed by atoms with E-state index in [-0.39, 0.29) is 22.8 Å². The van der Waals surface area contributed by atoms with E-state index in [2.05, 4.69) is 6.92 Å². The van der Waals surface area contributed by atoms with Gasteiger partial charge in [-0.05, 0) is 19.8 Å². The molecule has 0 aromatic heterocycles. The Morgan fingerprint density at radius 2 is 1.93 bits per heavy atom. The third kappa shape index (κ3) is 7.28. The fourth-order valence-corrected chi connectivity index (χ4v) is 1.46. The SMILES string of the molecule is CC1CCCO1.Fc1cc[c]([Mg+])cc1.[Br-]. The maximum absolute atomic E-state index is 12.1. The van der Waals surface area contributed by atoms with Crippen LogP contribution in [-0.2, 0) is 4.74 Å². The van der Waals surface area contributed by atoms with Gasteiger partial charge in [-0.2, -0.15) is 0 Å². The van der Waals surface area contributed by atoms with Gasteiger partial charge >= 0.3 is 59.9 Å². The molecule has 80 valence electrons. The standard InChI is InChI=1S/C6H4F.C5H10O.BrH.Mg/c7-6-4-2-1-3-5-6;1-5-3-2-4-6-5;;/h2-5H;5H,2-4H2,1H3;1H;/q;;;+1/p-1. The summed E-state index contributed by atoms with van der Waals surface area (Å²) < 4.78 is 18.4. The van der Waals surface area contributed by atoms with E-state index >= 15 is 0 Å². The van der Waals surface area contributed by atoms with Crippen molar-refractivity contribution in [2.45, 2.75) is 25.9 Å². The molecule has 0 aliphatic carbocycles. The molecule has 0 bridgehead atoms. The quantitative estimate of drug-likeness (QED) is 0.545. The van der Waals surface area contributed by atoms with Gasteiger partial charge in [0.25, 0.3) is 0 Å². The van der Waals surface area contributed by atoms with Gasteiger partial charge in [-0.25, -0.2) is 0 Å². The number of benzene rings is 1. The number of halogens is 2. The molecule has 0 spiro atoms. The maximum Gasteiger partial charge on any atom is -1.00 e. The zero-order chi connectivity index (χ0) is 10.4. The zero-order valence-electron chi connectivity index (χ0n) is 8.88. The fraction of sp³-hybridized carbons (Fsp3) is 0.455. The molecule has 1 heterocycles. The molecular formula is C11H14BrFMgO. The second-order valence-corrected chi connectivity index (χ2v) is 4.27. The average molecular weight is 285 g/mol. The van der Waals surface area contributed by atoms with E-state index in [1.165, 1.54) is 25.0 Å². The van der Waals surface area contributed by atoms with Crippen molar-refractivity contribution >= 4 is 25.4 Å². The van der Waals surface area contributed by atoms with Crippen molar-refractivity contribution in [1.29, 1.82) is 0 Å². The van der Waals surface area contributed by atoms with Crippen LogP contribution in [0, 0.1) is 5.82 Å². The Balaban J connectivity index is 0.000000253. The number of rotatable bonds is 0. The van der Waals surface area contributed by atoms with E-state index in [9.17, 15) is 4.39 Å². The molecule has 1 atom stereocenters. The first-order chi connectivity index (χ1) is 6.68. The summed E-state index contributed by atoms with van der Waals surface area (Å²) in [6, 6.07) is 6.44. The monoisotopic (exact) mass is 284 g/mol. The molecule has 0 radical (unpaired) electrons. The van der Waals surface area contributed by atoms with Crippen LogP contribution in [0.1, 0.15) is 19.8 Å². The van der Waals surface area contributed by atoms with Gasteiger partial charge in [0.15, 0.2) is 0 Å². The van der Waals surface area contributed by atoms with Gasteiger partial charge in [-0.3, -0.25) is 0 Å². The second kappa shape index (κ2) is 8.50. The first kappa shape index (κ1) is 15.4. The Bertz CT molecular complexity index is 239. The van der Waals surface area contributed by atoms with E-state index in [1.807, 2.05) is 0 Å². The first-order valence-electron chi connectivity index (χ1n) is 4.87. The Hall–Kier alpha value is 0.356. The molecular weight excluding hydrogens is 271 g/mol. The van der Waals surface area contributed by atoms with E-state index < -0.39 is 0 Å². The smallest absolute Gasteiger partial charge is 1.00 e. The van der Waals surface area contributed by atoms with Crippen molar-refractivity contribution in [2.24, 2.45) is 0 Å². The van der Waals surface area contributed by atoms with Crippen LogP contribution in [0.15, 0.2) is 24.3 Å². The van der Waals surface area contributed by atoms with Crippen molar-refractivity contribution in [3.8, 4) is 0 Å². The molecule has 1 aromatic carbocycles. The summed E-state index contributed by atoms with van der Waals surface area (Å²) >= 11 is 1.74. The van der Waals surface area contributed by atoms with Crippen molar-refractivity contribution in [1.82, 2.24) is 0 Å². The summed E-state index contributed by atoms with van der Waals surface area (Å²) in [6.07, 6.45) is 3.08. The van der Waals surface area contributed by atoms with Crippen molar-refractivity contribution < 1.29 is 26.1 Å². The number of ether oxygens (including phenoxy) is 1. The van der Waals surface area contributed by atoms with Crippen LogP contribution < -0.4 is 20.7 Å². The predicted octanol–water partition coefficient (Wildman–Crippen LogP) is -1.19. The molecule has 1 aliphatic heterocycles. The summed E-state index contributed by atoms with van der Waals surface area (Å²) in [5.41, 5.74) is 0. The topological polar surface area (TPSA) is 9.23 Å². The van der Waals surface area contributed by atoms with Crippen molar-refractivity contribution in [3.05, 3.63) is 30.1 Å². The van der Waals surface area contributed by atoms with Gasteiger partial charge < -0.3 is 21.7 Å². The fourth-order valence-electron chi connectivity index (χ4n) is 1.22. The Morgan fingerprint density at radius 3 is 2.20 bits per heavy atom. The molecule has 1 aliphatic rings. The third-order valence-corrected chi connectivity index (χ3v) is 2.54. The molecule has 0 amide bonds. The summed E-state index contributed by atoms with van der Waals surface area (Å²) in [7, 11) is 0. The van der Waals surface area contributed by atoms with Crippen molar-refractivity contribution in [3.63, 3.8) is 0 Å². The Kier molecular flexibility index (Phi) is 8.70. The molecule has 0 saturated carbocycles. The largest absolute Gasteiger partial charge is 1.00 e. The van der Waals surface area contributed by atoms with Crippen molar-refractivity contribution in [2.75, 3.05) is 6.61 Å². The molecule has 1 nitrogen and oxygen atoms in total. The second-order valence-electron chi connectivity index (χ2n) is 3.45. The van der Waals surface area contributed by atoms with Gasteiger partial charge in [0.2, 0.25) is 0 Å². The van der Waals surface area contributed by atoms with Crippen LogP contribution in [0.25, 0.3) is 0 Å².